The summed E-state index contributed by atoms with van der Waals surface area (Å²) < 4.78 is 6.26. The lowest BCUT2D eigenvalue weighted by Gasteiger charge is -2.25. The van der Waals surface area contributed by atoms with Crippen LogP contribution in [0.1, 0.15) is 32.7 Å². The van der Waals surface area contributed by atoms with Crippen LogP contribution < -0.4 is 21.9 Å². The fourth-order valence-electron chi connectivity index (χ4n) is 4.09. The number of amides is 3. The molecule has 0 fully saturated rings. The summed E-state index contributed by atoms with van der Waals surface area (Å²) in [7, 11) is 1.44. The van der Waals surface area contributed by atoms with E-state index in [1.807, 2.05) is 6.07 Å². The van der Waals surface area contributed by atoms with Crippen molar-refractivity contribution in [2.24, 2.45) is 0 Å². The van der Waals surface area contributed by atoms with Gasteiger partial charge in [0.2, 0.25) is 5.91 Å². The number of anilines is 2. The van der Waals surface area contributed by atoms with Crippen LogP contribution in [-0.4, -0.2) is 59.0 Å². The van der Waals surface area contributed by atoms with E-state index in [0.717, 1.165) is 15.4 Å². The van der Waals surface area contributed by atoms with Crippen LogP contribution in [-0.2, 0) is 16.1 Å². The minimum absolute atomic E-state index is 0.0335. The first-order valence-electron chi connectivity index (χ1n) is 11.2. The van der Waals surface area contributed by atoms with Gasteiger partial charge in [0.1, 0.15) is 5.82 Å². The molecule has 3 amide bonds. The van der Waals surface area contributed by atoms with Crippen LogP contribution in [0.25, 0.3) is 0 Å². The van der Waals surface area contributed by atoms with Gasteiger partial charge < -0.3 is 15.4 Å². The SMILES string of the molecule is COCCN(C(=O)CCN1C(=O)c2ccccc2C1=O)c1c(N)n(Cc2ccccc2)c(=O)[nH]c1=O. The molecule has 186 valence electrons. The lowest BCUT2D eigenvalue weighted by atomic mass is 10.1. The Morgan fingerprint density at radius 1 is 0.972 bits per heavy atom. The molecule has 2 heterocycles. The molecule has 0 unspecified atom stereocenters. The predicted molar refractivity (Wildman–Crippen MR) is 132 cm³/mol. The number of carbonyl (C=O) groups excluding carboxylic acids is 3. The number of nitrogens with one attached hydrogen (secondary N) is 1. The first-order chi connectivity index (χ1) is 17.3. The second-order valence-corrected chi connectivity index (χ2v) is 8.16. The minimum Gasteiger partial charge on any atom is -0.383 e. The summed E-state index contributed by atoms with van der Waals surface area (Å²) in [6.07, 6.45) is -0.258. The molecule has 1 aliphatic heterocycles. The van der Waals surface area contributed by atoms with E-state index in [1.165, 1.54) is 11.7 Å². The average molecular weight is 492 g/mol. The molecule has 0 radical (unpaired) electrons. The quantitative estimate of drug-likeness (QED) is 0.421. The molecular formula is C25H25N5O6. The highest BCUT2D eigenvalue weighted by molar-refractivity contribution is 6.21. The topological polar surface area (TPSA) is 148 Å². The van der Waals surface area contributed by atoms with Gasteiger partial charge in [-0.2, -0.15) is 0 Å². The van der Waals surface area contributed by atoms with Crippen LogP contribution >= 0.6 is 0 Å². The summed E-state index contributed by atoms with van der Waals surface area (Å²) in [4.78, 5) is 68.2. The Morgan fingerprint density at radius 2 is 1.58 bits per heavy atom. The molecule has 0 spiro atoms. The van der Waals surface area contributed by atoms with Crippen molar-refractivity contribution in [3.8, 4) is 0 Å². The number of imide groups is 1. The van der Waals surface area contributed by atoms with Crippen LogP contribution in [0.2, 0.25) is 0 Å². The molecule has 0 saturated carbocycles. The first kappa shape index (κ1) is 24.6. The average Bonchev–Trinajstić information content (AvgIpc) is 3.12. The number of hydrogen-bond acceptors (Lipinski definition) is 7. The molecule has 0 saturated heterocycles. The third kappa shape index (κ3) is 4.68. The molecule has 0 aliphatic carbocycles. The van der Waals surface area contributed by atoms with Gasteiger partial charge in [-0.05, 0) is 17.7 Å². The van der Waals surface area contributed by atoms with E-state index in [9.17, 15) is 24.0 Å². The number of benzene rings is 2. The van der Waals surface area contributed by atoms with E-state index in [0.29, 0.717) is 0 Å². The van der Waals surface area contributed by atoms with Crippen molar-refractivity contribution in [3.05, 3.63) is 92.1 Å². The molecule has 3 aromatic rings. The summed E-state index contributed by atoms with van der Waals surface area (Å²) in [6, 6.07) is 15.5. The molecule has 2 aromatic carbocycles. The molecule has 3 N–H and O–H groups in total. The van der Waals surface area contributed by atoms with Crippen molar-refractivity contribution in [2.45, 2.75) is 13.0 Å². The monoisotopic (exact) mass is 491 g/mol. The lowest BCUT2D eigenvalue weighted by molar-refractivity contribution is -0.118. The molecular weight excluding hydrogens is 466 g/mol. The van der Waals surface area contributed by atoms with Gasteiger partial charge in [0.15, 0.2) is 5.69 Å². The predicted octanol–water partition coefficient (Wildman–Crippen LogP) is 0.833. The second-order valence-electron chi connectivity index (χ2n) is 8.16. The molecule has 0 bridgehead atoms. The maximum absolute atomic E-state index is 13.3. The smallest absolute Gasteiger partial charge is 0.330 e. The number of nitrogens with two attached hydrogens (primary N) is 1. The Balaban J connectivity index is 1.61. The van der Waals surface area contributed by atoms with Crippen LogP contribution in [0.3, 0.4) is 0 Å². The van der Waals surface area contributed by atoms with Gasteiger partial charge in [0.25, 0.3) is 17.4 Å². The third-order valence-electron chi connectivity index (χ3n) is 5.92. The number of fused-ring (bicyclic) bond motifs is 1. The van der Waals surface area contributed by atoms with E-state index >= 15 is 0 Å². The number of methoxy groups -OCH3 is 1. The Hall–Kier alpha value is -4.51. The Morgan fingerprint density at radius 3 is 2.19 bits per heavy atom. The first-order valence-corrected chi connectivity index (χ1v) is 11.2. The van der Waals surface area contributed by atoms with Crippen molar-refractivity contribution < 1.29 is 19.1 Å². The van der Waals surface area contributed by atoms with E-state index < -0.39 is 29.0 Å². The molecule has 0 atom stereocenters. The van der Waals surface area contributed by atoms with Crippen molar-refractivity contribution in [2.75, 3.05) is 37.4 Å². The second kappa shape index (κ2) is 10.4. The van der Waals surface area contributed by atoms with Crippen LogP contribution in [0.5, 0.6) is 0 Å². The van der Waals surface area contributed by atoms with Crippen molar-refractivity contribution >= 4 is 29.2 Å². The van der Waals surface area contributed by atoms with E-state index in [4.69, 9.17) is 10.5 Å². The lowest BCUT2D eigenvalue weighted by Crippen LogP contribution is -2.44. The number of aromatic amines is 1. The molecule has 11 nitrogen and oxygen atoms in total. The number of hydrogen-bond donors (Lipinski definition) is 2. The van der Waals surface area contributed by atoms with Gasteiger partial charge in [-0.3, -0.25) is 33.6 Å². The van der Waals surface area contributed by atoms with Crippen molar-refractivity contribution in [1.82, 2.24) is 14.5 Å². The highest BCUT2D eigenvalue weighted by Gasteiger charge is 2.35. The number of rotatable bonds is 9. The number of nitrogen functional groups attached to an aromatic ring is 1. The zero-order valence-electron chi connectivity index (χ0n) is 19.6. The van der Waals surface area contributed by atoms with Crippen molar-refractivity contribution in [1.29, 1.82) is 0 Å². The highest BCUT2D eigenvalue weighted by atomic mass is 16.5. The number of ether oxygens (including phenoxy) is 1. The largest absolute Gasteiger partial charge is 0.383 e. The number of nitrogens with zero attached hydrogens (tertiary/aromatic N) is 3. The fraction of sp³-hybridized carbons (Fsp3) is 0.240. The molecule has 1 aliphatic rings. The zero-order chi connectivity index (χ0) is 25.8. The Kier molecular flexibility index (Phi) is 7.11. The van der Waals surface area contributed by atoms with Crippen molar-refractivity contribution in [3.63, 3.8) is 0 Å². The van der Waals surface area contributed by atoms with Crippen LogP contribution in [0, 0.1) is 0 Å². The summed E-state index contributed by atoms with van der Waals surface area (Å²) >= 11 is 0. The van der Waals surface area contributed by atoms with E-state index in [2.05, 4.69) is 4.98 Å². The van der Waals surface area contributed by atoms with Crippen LogP contribution in [0.15, 0.2) is 64.2 Å². The summed E-state index contributed by atoms with van der Waals surface area (Å²) in [5.74, 6) is -1.72. The maximum atomic E-state index is 13.3. The summed E-state index contributed by atoms with van der Waals surface area (Å²) in [6.45, 7) is -0.0590. The van der Waals surface area contributed by atoms with Gasteiger partial charge in [-0.15, -0.1) is 0 Å². The number of carbonyl (C=O) groups is 3. The van der Waals surface area contributed by atoms with Crippen LogP contribution in [0.4, 0.5) is 11.5 Å². The Labute approximate surface area is 205 Å². The number of aromatic nitrogens is 2. The maximum Gasteiger partial charge on any atom is 0.330 e. The fourth-order valence-corrected chi connectivity index (χ4v) is 4.09. The van der Waals surface area contributed by atoms with Gasteiger partial charge in [-0.1, -0.05) is 42.5 Å². The van der Waals surface area contributed by atoms with E-state index in [-0.39, 0.29) is 55.3 Å². The van der Waals surface area contributed by atoms with E-state index in [1.54, 1.807) is 48.5 Å². The normalized spacial score (nSPS) is 12.6. The van der Waals surface area contributed by atoms with Gasteiger partial charge in [0, 0.05) is 26.6 Å². The highest BCUT2D eigenvalue weighted by Crippen LogP contribution is 2.23. The molecule has 4 rings (SSSR count). The minimum atomic E-state index is -0.827. The summed E-state index contributed by atoms with van der Waals surface area (Å²) in [5.41, 5.74) is 5.84. The molecule has 1 aromatic heterocycles. The Bertz CT molecular complexity index is 1390. The number of H-pyrrole nitrogens is 1. The molecule has 36 heavy (non-hydrogen) atoms. The summed E-state index contributed by atoms with van der Waals surface area (Å²) in [5, 5.41) is 0. The third-order valence-corrected chi connectivity index (χ3v) is 5.92. The standard InChI is InChI=1S/C25H25N5O6/c1-36-14-13-28(19(31)11-12-29-23(33)17-9-5-6-10-18(17)24(29)34)20-21(26)30(25(35)27-22(20)32)15-16-7-3-2-4-8-16/h2-10H,11-15,26H2,1H3,(H,27,32,35). The zero-order valence-corrected chi connectivity index (χ0v) is 19.6. The van der Waals surface area contributed by atoms with Gasteiger partial charge in [-0.25, -0.2) is 4.79 Å². The molecule has 11 heteroatoms. The van der Waals surface area contributed by atoms with Gasteiger partial charge in [0.05, 0.1) is 24.3 Å². The van der Waals surface area contributed by atoms with Gasteiger partial charge >= 0.3 is 5.69 Å².